The number of alkyl halides is 3. The van der Waals surface area contributed by atoms with Gasteiger partial charge >= 0.3 is 6.18 Å². The number of carbonyl (C=O) groups excluding carboxylic acids is 1. The molecule has 0 fully saturated rings. The lowest BCUT2D eigenvalue weighted by atomic mass is 10.0. The second-order valence-corrected chi connectivity index (χ2v) is 6.74. The SMILES string of the molecule is CC(NC(=O)CCc1ccc2c(c1)OCCCO2)c1ccc(C(F)(F)F)cc1. The Morgan fingerprint density at radius 3 is 2.43 bits per heavy atom. The van der Waals surface area contributed by atoms with Gasteiger partial charge in [-0.3, -0.25) is 4.79 Å². The van der Waals surface area contributed by atoms with Gasteiger partial charge in [-0.05, 0) is 48.7 Å². The average molecular weight is 393 g/mol. The molecule has 2 aromatic rings. The van der Waals surface area contributed by atoms with Gasteiger partial charge < -0.3 is 14.8 Å². The van der Waals surface area contributed by atoms with E-state index in [-0.39, 0.29) is 18.4 Å². The van der Waals surface area contributed by atoms with Crippen LogP contribution in [-0.4, -0.2) is 19.1 Å². The van der Waals surface area contributed by atoms with Crippen molar-refractivity contribution in [2.24, 2.45) is 0 Å². The molecule has 1 atom stereocenters. The number of amides is 1. The smallest absolute Gasteiger partial charge is 0.416 e. The topological polar surface area (TPSA) is 47.6 Å². The molecule has 0 bridgehead atoms. The van der Waals surface area contributed by atoms with E-state index in [1.54, 1.807) is 6.92 Å². The first-order valence-corrected chi connectivity index (χ1v) is 9.18. The minimum Gasteiger partial charge on any atom is -0.490 e. The molecule has 150 valence electrons. The third-order valence-electron chi connectivity index (χ3n) is 4.57. The van der Waals surface area contributed by atoms with Crippen molar-refractivity contribution in [1.82, 2.24) is 5.32 Å². The molecule has 1 unspecified atom stereocenters. The van der Waals surface area contributed by atoms with E-state index in [9.17, 15) is 18.0 Å². The number of ether oxygens (including phenoxy) is 2. The number of aryl methyl sites for hydroxylation is 1. The number of carbonyl (C=O) groups is 1. The standard InChI is InChI=1S/C21H22F3NO3/c1-14(16-5-7-17(8-6-16)21(22,23)24)25-20(26)10-4-15-3-9-18-19(13-15)28-12-2-11-27-18/h3,5-9,13-14H,2,4,10-12H2,1H3,(H,25,26). The van der Waals surface area contributed by atoms with Crippen LogP contribution in [0.4, 0.5) is 13.2 Å². The van der Waals surface area contributed by atoms with Crippen molar-refractivity contribution < 1.29 is 27.4 Å². The van der Waals surface area contributed by atoms with Gasteiger partial charge in [-0.15, -0.1) is 0 Å². The summed E-state index contributed by atoms with van der Waals surface area (Å²) in [6, 6.07) is 10.1. The summed E-state index contributed by atoms with van der Waals surface area (Å²) in [5.74, 6) is 1.23. The van der Waals surface area contributed by atoms with Crippen LogP contribution in [0.2, 0.25) is 0 Å². The van der Waals surface area contributed by atoms with Crippen LogP contribution in [0.1, 0.15) is 42.5 Å². The summed E-state index contributed by atoms with van der Waals surface area (Å²) in [4.78, 5) is 12.2. The highest BCUT2D eigenvalue weighted by Gasteiger charge is 2.30. The maximum Gasteiger partial charge on any atom is 0.416 e. The normalized spacial score (nSPS) is 14.9. The fourth-order valence-corrected chi connectivity index (χ4v) is 2.98. The van der Waals surface area contributed by atoms with Gasteiger partial charge in [0.2, 0.25) is 5.91 Å². The fraction of sp³-hybridized carbons (Fsp3) is 0.381. The molecule has 0 radical (unpaired) electrons. The Hall–Kier alpha value is -2.70. The molecule has 1 N–H and O–H groups in total. The van der Waals surface area contributed by atoms with Gasteiger partial charge in [0.25, 0.3) is 0 Å². The van der Waals surface area contributed by atoms with E-state index >= 15 is 0 Å². The number of benzene rings is 2. The lowest BCUT2D eigenvalue weighted by Crippen LogP contribution is -2.26. The van der Waals surface area contributed by atoms with Crippen LogP contribution >= 0.6 is 0 Å². The summed E-state index contributed by atoms with van der Waals surface area (Å²) in [5.41, 5.74) is 0.877. The Kier molecular flexibility index (Phi) is 6.11. The monoisotopic (exact) mass is 393 g/mol. The van der Waals surface area contributed by atoms with Crippen LogP contribution < -0.4 is 14.8 Å². The molecule has 4 nitrogen and oxygen atoms in total. The number of hydrogen-bond acceptors (Lipinski definition) is 3. The highest BCUT2D eigenvalue weighted by atomic mass is 19.4. The molecule has 0 aliphatic carbocycles. The van der Waals surface area contributed by atoms with Crippen LogP contribution in [-0.2, 0) is 17.4 Å². The Morgan fingerprint density at radius 2 is 1.75 bits per heavy atom. The summed E-state index contributed by atoms with van der Waals surface area (Å²) in [6.45, 7) is 2.96. The van der Waals surface area contributed by atoms with Crippen LogP contribution in [0.15, 0.2) is 42.5 Å². The molecule has 2 aromatic carbocycles. The largest absolute Gasteiger partial charge is 0.490 e. The zero-order valence-electron chi connectivity index (χ0n) is 15.5. The predicted molar refractivity (Wildman–Crippen MR) is 98.4 cm³/mol. The number of fused-ring (bicyclic) bond motifs is 1. The summed E-state index contributed by atoms with van der Waals surface area (Å²) < 4.78 is 49.1. The first kappa shape index (κ1) is 20.0. The van der Waals surface area contributed by atoms with Gasteiger partial charge in [0.15, 0.2) is 11.5 Å². The minimum atomic E-state index is -4.37. The molecule has 1 aliphatic heterocycles. The molecule has 7 heteroatoms. The molecule has 1 amide bonds. The van der Waals surface area contributed by atoms with Gasteiger partial charge in [-0.2, -0.15) is 13.2 Å². The molecule has 0 aromatic heterocycles. The third-order valence-corrected chi connectivity index (χ3v) is 4.57. The van der Waals surface area contributed by atoms with Crippen molar-refractivity contribution in [3.8, 4) is 11.5 Å². The summed E-state index contributed by atoms with van der Waals surface area (Å²) in [7, 11) is 0. The zero-order chi connectivity index (χ0) is 20.1. The molecule has 3 rings (SSSR count). The number of rotatable bonds is 5. The number of halogens is 3. The zero-order valence-corrected chi connectivity index (χ0v) is 15.5. The highest BCUT2D eigenvalue weighted by Crippen LogP contribution is 2.31. The van der Waals surface area contributed by atoms with Crippen molar-refractivity contribution in [1.29, 1.82) is 0 Å². The first-order valence-electron chi connectivity index (χ1n) is 9.18. The van der Waals surface area contributed by atoms with Gasteiger partial charge in [-0.1, -0.05) is 18.2 Å². The van der Waals surface area contributed by atoms with Gasteiger partial charge in [-0.25, -0.2) is 0 Å². The van der Waals surface area contributed by atoms with Gasteiger partial charge in [0.1, 0.15) is 0 Å². The van der Waals surface area contributed by atoms with E-state index < -0.39 is 11.7 Å². The van der Waals surface area contributed by atoms with Crippen LogP contribution in [0, 0.1) is 0 Å². The molecular formula is C21H22F3NO3. The van der Waals surface area contributed by atoms with E-state index in [1.165, 1.54) is 12.1 Å². The number of hydrogen-bond donors (Lipinski definition) is 1. The Morgan fingerprint density at radius 1 is 1.07 bits per heavy atom. The fourth-order valence-electron chi connectivity index (χ4n) is 2.98. The van der Waals surface area contributed by atoms with Gasteiger partial charge in [0.05, 0.1) is 24.8 Å². The molecule has 1 aliphatic rings. The Balaban J connectivity index is 1.53. The quantitative estimate of drug-likeness (QED) is 0.803. The van der Waals surface area contributed by atoms with Crippen molar-refractivity contribution in [3.05, 3.63) is 59.2 Å². The highest BCUT2D eigenvalue weighted by molar-refractivity contribution is 5.76. The van der Waals surface area contributed by atoms with Crippen LogP contribution in [0.5, 0.6) is 11.5 Å². The van der Waals surface area contributed by atoms with Crippen LogP contribution in [0.25, 0.3) is 0 Å². The minimum absolute atomic E-state index is 0.167. The lowest BCUT2D eigenvalue weighted by Gasteiger charge is -2.16. The van der Waals surface area contributed by atoms with E-state index in [0.717, 1.165) is 24.1 Å². The van der Waals surface area contributed by atoms with Crippen molar-refractivity contribution in [2.45, 2.75) is 38.4 Å². The van der Waals surface area contributed by atoms with Gasteiger partial charge in [0, 0.05) is 12.8 Å². The van der Waals surface area contributed by atoms with E-state index in [0.29, 0.717) is 36.7 Å². The summed E-state index contributed by atoms with van der Waals surface area (Å²) >= 11 is 0. The number of nitrogens with one attached hydrogen (secondary N) is 1. The summed E-state index contributed by atoms with van der Waals surface area (Å²) in [6.07, 6.45) is -2.74. The molecule has 0 spiro atoms. The van der Waals surface area contributed by atoms with Crippen LogP contribution in [0.3, 0.4) is 0 Å². The molecule has 0 saturated heterocycles. The van der Waals surface area contributed by atoms with Crippen molar-refractivity contribution in [2.75, 3.05) is 13.2 Å². The second-order valence-electron chi connectivity index (χ2n) is 6.74. The van der Waals surface area contributed by atoms with E-state index in [2.05, 4.69) is 5.32 Å². The Bertz CT molecular complexity index is 819. The second kappa shape index (κ2) is 8.54. The molecule has 28 heavy (non-hydrogen) atoms. The van der Waals surface area contributed by atoms with Crippen molar-refractivity contribution >= 4 is 5.91 Å². The average Bonchev–Trinajstić information content (AvgIpc) is 2.90. The molecule has 0 saturated carbocycles. The van der Waals surface area contributed by atoms with E-state index in [4.69, 9.17) is 9.47 Å². The Labute approximate surface area is 161 Å². The predicted octanol–water partition coefficient (Wildman–Crippen LogP) is 4.68. The molecular weight excluding hydrogens is 371 g/mol. The third kappa shape index (κ3) is 5.18. The van der Waals surface area contributed by atoms with E-state index in [1.807, 2.05) is 18.2 Å². The molecule has 1 heterocycles. The van der Waals surface area contributed by atoms with Crippen molar-refractivity contribution in [3.63, 3.8) is 0 Å². The lowest BCUT2D eigenvalue weighted by molar-refractivity contribution is -0.137. The maximum absolute atomic E-state index is 12.6. The maximum atomic E-state index is 12.6. The first-order chi connectivity index (χ1) is 13.3. The summed E-state index contributed by atoms with van der Waals surface area (Å²) in [5, 5.41) is 2.82.